The van der Waals surface area contributed by atoms with Gasteiger partial charge in [0.15, 0.2) is 5.78 Å². The summed E-state index contributed by atoms with van der Waals surface area (Å²) in [5.74, 6) is -0.370. The Bertz CT molecular complexity index is 416. The minimum Gasteiger partial charge on any atom is -0.307 e. The first-order valence-corrected chi connectivity index (χ1v) is 6.25. The predicted octanol–water partition coefficient (Wildman–Crippen LogP) is 2.73. The number of piperidine rings is 1. The molecule has 1 N–H and O–H groups in total. The van der Waals surface area contributed by atoms with Crippen LogP contribution in [0.4, 0.5) is 4.39 Å². The van der Waals surface area contributed by atoms with Gasteiger partial charge in [-0.15, -0.1) is 0 Å². The van der Waals surface area contributed by atoms with E-state index in [2.05, 4.69) is 5.32 Å². The van der Waals surface area contributed by atoms with E-state index >= 15 is 0 Å². The Hall–Kier alpha value is -0.930. The number of rotatable bonds is 3. The molecule has 1 heterocycles. The van der Waals surface area contributed by atoms with Crippen LogP contribution in [0.5, 0.6) is 0 Å². The standard InChI is InChI=1S/C13H15ClFNO/c14-13-9(4-3-5-10(13)15)8-12(17)11-6-1-2-7-16-11/h3-5,11,16H,1-2,6-8H2. The summed E-state index contributed by atoms with van der Waals surface area (Å²) < 4.78 is 13.2. The molecule has 1 aliphatic rings. The summed E-state index contributed by atoms with van der Waals surface area (Å²) in [6.45, 7) is 0.882. The molecule has 1 aromatic rings. The van der Waals surface area contributed by atoms with E-state index in [-0.39, 0.29) is 23.3 Å². The average molecular weight is 256 g/mol. The molecule has 1 aromatic carbocycles. The first kappa shape index (κ1) is 12.5. The van der Waals surface area contributed by atoms with Gasteiger partial charge in [-0.2, -0.15) is 0 Å². The largest absolute Gasteiger partial charge is 0.307 e. The fraction of sp³-hybridized carbons (Fsp3) is 0.462. The Morgan fingerprint density at radius 1 is 1.47 bits per heavy atom. The molecular weight excluding hydrogens is 241 g/mol. The normalized spacial score (nSPS) is 20.2. The first-order chi connectivity index (χ1) is 8.18. The molecular formula is C13H15ClFNO. The monoisotopic (exact) mass is 255 g/mol. The number of nitrogens with one attached hydrogen (secondary N) is 1. The van der Waals surface area contributed by atoms with Crippen LogP contribution in [-0.2, 0) is 11.2 Å². The molecule has 0 aliphatic carbocycles. The second kappa shape index (κ2) is 5.61. The van der Waals surface area contributed by atoms with Crippen LogP contribution in [-0.4, -0.2) is 18.4 Å². The third-order valence-corrected chi connectivity index (χ3v) is 3.52. The predicted molar refractivity (Wildman–Crippen MR) is 65.8 cm³/mol. The highest BCUT2D eigenvalue weighted by Gasteiger charge is 2.21. The summed E-state index contributed by atoms with van der Waals surface area (Å²) in [7, 11) is 0. The van der Waals surface area contributed by atoms with E-state index in [9.17, 15) is 9.18 Å². The topological polar surface area (TPSA) is 29.1 Å². The van der Waals surface area contributed by atoms with Crippen LogP contribution in [0, 0.1) is 5.82 Å². The lowest BCUT2D eigenvalue weighted by atomic mass is 9.96. The summed E-state index contributed by atoms with van der Waals surface area (Å²) in [5.41, 5.74) is 0.573. The van der Waals surface area contributed by atoms with E-state index in [0.717, 1.165) is 25.8 Å². The Kier molecular flexibility index (Phi) is 4.13. The molecule has 1 aliphatic heterocycles. The highest BCUT2D eigenvalue weighted by Crippen LogP contribution is 2.21. The molecule has 0 amide bonds. The smallest absolute Gasteiger partial charge is 0.154 e. The van der Waals surface area contributed by atoms with Crippen LogP contribution >= 0.6 is 11.6 Å². The maximum atomic E-state index is 13.2. The van der Waals surface area contributed by atoms with Crippen molar-refractivity contribution in [1.82, 2.24) is 5.32 Å². The van der Waals surface area contributed by atoms with Gasteiger partial charge in [-0.25, -0.2) is 4.39 Å². The second-order valence-corrected chi connectivity index (χ2v) is 4.74. The number of hydrogen-bond acceptors (Lipinski definition) is 2. The average Bonchev–Trinajstić information content (AvgIpc) is 2.36. The van der Waals surface area contributed by atoms with Gasteiger partial charge in [0.1, 0.15) is 5.82 Å². The lowest BCUT2D eigenvalue weighted by Crippen LogP contribution is -2.41. The molecule has 1 unspecified atom stereocenters. The van der Waals surface area contributed by atoms with Gasteiger partial charge in [0, 0.05) is 6.42 Å². The fourth-order valence-electron chi connectivity index (χ4n) is 2.12. The molecule has 1 fully saturated rings. The van der Waals surface area contributed by atoms with E-state index in [1.165, 1.54) is 6.07 Å². The third-order valence-electron chi connectivity index (χ3n) is 3.10. The van der Waals surface area contributed by atoms with Gasteiger partial charge in [0.05, 0.1) is 11.1 Å². The minimum absolute atomic E-state index is 0.0664. The van der Waals surface area contributed by atoms with Gasteiger partial charge in [0.2, 0.25) is 0 Å². The lowest BCUT2D eigenvalue weighted by molar-refractivity contribution is -0.120. The number of Topliss-reactive ketones (excluding diaryl/α,β-unsaturated/α-hetero) is 1. The highest BCUT2D eigenvalue weighted by molar-refractivity contribution is 6.31. The maximum absolute atomic E-state index is 13.2. The second-order valence-electron chi connectivity index (χ2n) is 4.36. The zero-order chi connectivity index (χ0) is 12.3. The van der Waals surface area contributed by atoms with Crippen molar-refractivity contribution in [2.24, 2.45) is 0 Å². The number of ketones is 1. The molecule has 2 nitrogen and oxygen atoms in total. The van der Waals surface area contributed by atoms with Crippen molar-refractivity contribution in [2.45, 2.75) is 31.7 Å². The van der Waals surface area contributed by atoms with Crippen LogP contribution in [0.15, 0.2) is 18.2 Å². The molecule has 0 aromatic heterocycles. The van der Waals surface area contributed by atoms with E-state index < -0.39 is 5.82 Å². The van der Waals surface area contributed by atoms with Crippen molar-refractivity contribution >= 4 is 17.4 Å². The molecule has 0 bridgehead atoms. The van der Waals surface area contributed by atoms with Gasteiger partial charge < -0.3 is 5.32 Å². The molecule has 0 saturated carbocycles. The van der Waals surface area contributed by atoms with Gasteiger partial charge in [0.25, 0.3) is 0 Å². The van der Waals surface area contributed by atoms with Gasteiger partial charge in [-0.1, -0.05) is 30.2 Å². The number of benzene rings is 1. The van der Waals surface area contributed by atoms with Gasteiger partial charge in [-0.05, 0) is 31.0 Å². The first-order valence-electron chi connectivity index (χ1n) is 5.87. The van der Waals surface area contributed by atoms with Crippen LogP contribution in [0.25, 0.3) is 0 Å². The molecule has 0 spiro atoms. The van der Waals surface area contributed by atoms with Crippen LogP contribution in [0.2, 0.25) is 5.02 Å². The van der Waals surface area contributed by atoms with Crippen LogP contribution in [0.3, 0.4) is 0 Å². The highest BCUT2D eigenvalue weighted by atomic mass is 35.5. The van der Waals surface area contributed by atoms with Crippen molar-refractivity contribution < 1.29 is 9.18 Å². The van der Waals surface area contributed by atoms with Crippen molar-refractivity contribution in [2.75, 3.05) is 6.54 Å². The molecule has 2 rings (SSSR count). The van der Waals surface area contributed by atoms with Gasteiger partial charge in [-0.3, -0.25) is 4.79 Å². The number of halogens is 2. The fourth-order valence-corrected chi connectivity index (χ4v) is 2.32. The van der Waals surface area contributed by atoms with E-state index in [1.54, 1.807) is 12.1 Å². The summed E-state index contributed by atoms with van der Waals surface area (Å²) in [6, 6.07) is 4.49. The molecule has 17 heavy (non-hydrogen) atoms. The zero-order valence-corrected chi connectivity index (χ0v) is 10.3. The summed E-state index contributed by atoms with van der Waals surface area (Å²) in [4.78, 5) is 12.0. The quantitative estimate of drug-likeness (QED) is 0.900. The minimum atomic E-state index is -0.464. The third kappa shape index (κ3) is 3.05. The van der Waals surface area contributed by atoms with Crippen LogP contribution < -0.4 is 5.32 Å². The van der Waals surface area contributed by atoms with Crippen molar-refractivity contribution in [3.05, 3.63) is 34.6 Å². The van der Waals surface area contributed by atoms with Crippen molar-refractivity contribution in [3.63, 3.8) is 0 Å². The molecule has 92 valence electrons. The van der Waals surface area contributed by atoms with E-state index in [0.29, 0.717) is 5.56 Å². The van der Waals surface area contributed by atoms with E-state index in [4.69, 9.17) is 11.6 Å². The van der Waals surface area contributed by atoms with Crippen LogP contribution in [0.1, 0.15) is 24.8 Å². The molecule has 1 saturated heterocycles. The Labute approximate surface area is 105 Å². The molecule has 0 radical (unpaired) electrons. The number of hydrogen-bond donors (Lipinski definition) is 1. The Balaban J connectivity index is 2.04. The number of carbonyl (C=O) groups excluding carboxylic acids is 1. The molecule has 4 heteroatoms. The van der Waals surface area contributed by atoms with Crippen molar-refractivity contribution in [3.8, 4) is 0 Å². The zero-order valence-electron chi connectivity index (χ0n) is 9.51. The molecule has 1 atom stereocenters. The SMILES string of the molecule is O=C(Cc1cccc(F)c1Cl)C1CCCCN1. The van der Waals surface area contributed by atoms with Gasteiger partial charge >= 0.3 is 0 Å². The van der Waals surface area contributed by atoms with E-state index in [1.807, 2.05) is 0 Å². The lowest BCUT2D eigenvalue weighted by Gasteiger charge is -2.22. The summed E-state index contributed by atoms with van der Waals surface area (Å²) in [6.07, 6.45) is 3.25. The summed E-state index contributed by atoms with van der Waals surface area (Å²) >= 11 is 5.83. The Morgan fingerprint density at radius 2 is 2.29 bits per heavy atom. The van der Waals surface area contributed by atoms with Crippen molar-refractivity contribution in [1.29, 1.82) is 0 Å². The number of carbonyl (C=O) groups is 1. The summed E-state index contributed by atoms with van der Waals surface area (Å²) in [5, 5.41) is 3.25. The Morgan fingerprint density at radius 3 is 3.00 bits per heavy atom. The maximum Gasteiger partial charge on any atom is 0.154 e.